The van der Waals surface area contributed by atoms with Gasteiger partial charge in [0.1, 0.15) is 17.7 Å². The van der Waals surface area contributed by atoms with Gasteiger partial charge in [0.15, 0.2) is 5.82 Å². The number of aliphatic hydroxyl groups is 2. The van der Waals surface area contributed by atoms with Crippen LogP contribution in [-0.4, -0.2) is 37.0 Å². The minimum atomic E-state index is -0.923. The number of aromatic nitrogens is 3. The molecule has 1 aliphatic carbocycles. The molecule has 18 heavy (non-hydrogen) atoms. The summed E-state index contributed by atoms with van der Waals surface area (Å²) in [6.07, 6.45) is 4.42. The molecule has 0 amide bonds. The van der Waals surface area contributed by atoms with Crippen molar-refractivity contribution >= 4 is 28.5 Å². The summed E-state index contributed by atoms with van der Waals surface area (Å²) in [5.41, 5.74) is 6.82. The lowest BCUT2D eigenvalue weighted by Gasteiger charge is -2.19. The van der Waals surface area contributed by atoms with Gasteiger partial charge < -0.3 is 20.5 Å². The third-order valence-corrected chi connectivity index (χ3v) is 3.38. The summed E-state index contributed by atoms with van der Waals surface area (Å²) >= 11 is 6.09. The first-order chi connectivity index (χ1) is 8.59. The predicted molar refractivity (Wildman–Crippen MR) is 67.1 cm³/mol. The summed E-state index contributed by atoms with van der Waals surface area (Å²) in [5.74, 6) is 0.283. The summed E-state index contributed by atoms with van der Waals surface area (Å²) in [5, 5.41) is 19.8. The number of nitrogen functional groups attached to an aromatic ring is 1. The van der Waals surface area contributed by atoms with E-state index in [1.54, 1.807) is 16.7 Å². The maximum absolute atomic E-state index is 9.90. The first-order valence-electron chi connectivity index (χ1n) is 5.40. The summed E-state index contributed by atoms with van der Waals surface area (Å²) in [6, 6.07) is -0.413. The maximum Gasteiger partial charge on any atom is 0.151 e. The van der Waals surface area contributed by atoms with Gasteiger partial charge in [-0.1, -0.05) is 23.8 Å². The number of hydrogen-bond acceptors (Lipinski definition) is 5. The highest BCUT2D eigenvalue weighted by atomic mass is 35.5. The molecule has 0 aliphatic heterocycles. The molecule has 0 bridgehead atoms. The van der Waals surface area contributed by atoms with E-state index in [4.69, 9.17) is 17.3 Å². The van der Waals surface area contributed by atoms with E-state index in [1.165, 1.54) is 12.5 Å². The fourth-order valence-electron chi connectivity index (χ4n) is 2.17. The number of anilines is 1. The van der Waals surface area contributed by atoms with Crippen molar-refractivity contribution in [1.29, 1.82) is 0 Å². The average Bonchev–Trinajstić information content (AvgIpc) is 2.91. The third kappa shape index (κ3) is 1.50. The molecule has 1 aliphatic rings. The second kappa shape index (κ2) is 3.94. The SMILES string of the molecule is Nc1ncc(Cl)c2c1ncn2C1C=CC(O)C1O. The second-order valence-corrected chi connectivity index (χ2v) is 4.60. The highest BCUT2D eigenvalue weighted by Crippen LogP contribution is 2.32. The molecule has 6 nitrogen and oxygen atoms in total. The lowest BCUT2D eigenvalue weighted by molar-refractivity contribution is 0.0376. The number of imidazole rings is 1. The van der Waals surface area contributed by atoms with Gasteiger partial charge in [-0.25, -0.2) is 9.97 Å². The van der Waals surface area contributed by atoms with Crippen LogP contribution in [0.4, 0.5) is 5.82 Å². The number of pyridine rings is 1. The standard InChI is InChI=1S/C11H11ClN4O2/c12-5-3-14-11(13)8-9(5)16(4-15-8)6-1-2-7(17)10(6)18/h1-4,6-7,10,17-18H,(H2,13,14). The van der Waals surface area contributed by atoms with Gasteiger partial charge in [0.05, 0.1) is 29.1 Å². The molecule has 4 N–H and O–H groups in total. The van der Waals surface area contributed by atoms with E-state index in [9.17, 15) is 10.2 Å². The van der Waals surface area contributed by atoms with Gasteiger partial charge in [-0.15, -0.1) is 0 Å². The fourth-order valence-corrected chi connectivity index (χ4v) is 2.41. The number of hydrogen-bond donors (Lipinski definition) is 3. The lowest BCUT2D eigenvalue weighted by Crippen LogP contribution is -2.27. The van der Waals surface area contributed by atoms with Crippen molar-refractivity contribution < 1.29 is 10.2 Å². The van der Waals surface area contributed by atoms with Gasteiger partial charge in [-0.3, -0.25) is 0 Å². The van der Waals surface area contributed by atoms with Crippen LogP contribution in [0.5, 0.6) is 0 Å². The van der Waals surface area contributed by atoms with Crippen molar-refractivity contribution in [3.05, 3.63) is 29.7 Å². The molecular weight excluding hydrogens is 256 g/mol. The number of nitrogens with two attached hydrogens (primary N) is 1. The summed E-state index contributed by atoms with van der Waals surface area (Å²) < 4.78 is 1.69. The summed E-state index contributed by atoms with van der Waals surface area (Å²) in [7, 11) is 0. The molecule has 3 rings (SSSR count). The van der Waals surface area contributed by atoms with Crippen LogP contribution in [0.2, 0.25) is 5.02 Å². The van der Waals surface area contributed by atoms with Crippen LogP contribution in [0.15, 0.2) is 24.7 Å². The van der Waals surface area contributed by atoms with Crippen molar-refractivity contribution in [3.63, 3.8) is 0 Å². The zero-order chi connectivity index (χ0) is 12.9. The molecule has 2 heterocycles. The molecule has 0 radical (unpaired) electrons. The van der Waals surface area contributed by atoms with Gasteiger partial charge >= 0.3 is 0 Å². The molecule has 0 spiro atoms. The van der Waals surface area contributed by atoms with Crippen molar-refractivity contribution in [2.24, 2.45) is 0 Å². The van der Waals surface area contributed by atoms with E-state index in [-0.39, 0.29) is 5.82 Å². The Kier molecular flexibility index (Phi) is 2.51. The Morgan fingerprint density at radius 2 is 2.06 bits per heavy atom. The van der Waals surface area contributed by atoms with Gasteiger partial charge in [-0.05, 0) is 0 Å². The van der Waals surface area contributed by atoms with Gasteiger partial charge in [-0.2, -0.15) is 0 Å². The normalized spacial score (nSPS) is 27.2. The Morgan fingerprint density at radius 3 is 2.72 bits per heavy atom. The summed E-state index contributed by atoms with van der Waals surface area (Å²) in [4.78, 5) is 8.07. The van der Waals surface area contributed by atoms with Gasteiger partial charge in [0, 0.05) is 0 Å². The van der Waals surface area contributed by atoms with Crippen LogP contribution in [-0.2, 0) is 0 Å². The average molecular weight is 267 g/mol. The molecule has 3 unspecified atom stereocenters. The molecule has 0 saturated heterocycles. The monoisotopic (exact) mass is 266 g/mol. The highest BCUT2D eigenvalue weighted by Gasteiger charge is 2.31. The van der Waals surface area contributed by atoms with Crippen molar-refractivity contribution in [2.45, 2.75) is 18.2 Å². The quantitative estimate of drug-likeness (QED) is 0.653. The van der Waals surface area contributed by atoms with Crippen LogP contribution < -0.4 is 5.73 Å². The smallest absolute Gasteiger partial charge is 0.151 e. The largest absolute Gasteiger partial charge is 0.388 e. The maximum atomic E-state index is 9.90. The van der Waals surface area contributed by atoms with Crippen LogP contribution in [0.1, 0.15) is 6.04 Å². The first-order valence-corrected chi connectivity index (χ1v) is 5.78. The number of halogens is 1. The minimum Gasteiger partial charge on any atom is -0.388 e. The van der Waals surface area contributed by atoms with E-state index < -0.39 is 18.2 Å². The van der Waals surface area contributed by atoms with Crippen molar-refractivity contribution in [1.82, 2.24) is 14.5 Å². The van der Waals surface area contributed by atoms with E-state index >= 15 is 0 Å². The van der Waals surface area contributed by atoms with Gasteiger partial charge in [0.2, 0.25) is 0 Å². The molecular formula is C11H11ClN4O2. The van der Waals surface area contributed by atoms with Crippen LogP contribution in [0, 0.1) is 0 Å². The predicted octanol–water partition coefficient (Wildman–Crippen LogP) is 0.500. The molecule has 0 fully saturated rings. The van der Waals surface area contributed by atoms with E-state index in [0.717, 1.165) is 0 Å². The molecule has 3 atom stereocenters. The number of aliphatic hydroxyl groups excluding tert-OH is 2. The Labute approximate surface area is 107 Å². The number of fused-ring (bicyclic) bond motifs is 1. The summed E-state index contributed by atoms with van der Waals surface area (Å²) in [6.45, 7) is 0. The number of rotatable bonds is 1. The lowest BCUT2D eigenvalue weighted by atomic mass is 10.2. The Balaban J connectivity index is 2.19. The molecule has 2 aromatic heterocycles. The van der Waals surface area contributed by atoms with Crippen molar-refractivity contribution in [3.8, 4) is 0 Å². The molecule has 94 valence electrons. The van der Waals surface area contributed by atoms with E-state index in [1.807, 2.05) is 0 Å². The molecule has 2 aromatic rings. The van der Waals surface area contributed by atoms with Crippen LogP contribution in [0.3, 0.4) is 0 Å². The zero-order valence-corrected chi connectivity index (χ0v) is 9.99. The Bertz CT molecular complexity index is 639. The molecule has 0 aromatic carbocycles. The first kappa shape index (κ1) is 11.5. The topological polar surface area (TPSA) is 97.2 Å². The van der Waals surface area contributed by atoms with Crippen molar-refractivity contribution in [2.75, 3.05) is 5.73 Å². The number of nitrogens with zero attached hydrogens (tertiary/aromatic N) is 3. The van der Waals surface area contributed by atoms with Crippen LogP contribution >= 0.6 is 11.6 Å². The second-order valence-electron chi connectivity index (χ2n) is 4.20. The fraction of sp³-hybridized carbons (Fsp3) is 0.273. The third-order valence-electron chi connectivity index (χ3n) is 3.11. The molecule has 0 saturated carbocycles. The highest BCUT2D eigenvalue weighted by molar-refractivity contribution is 6.35. The van der Waals surface area contributed by atoms with Crippen LogP contribution in [0.25, 0.3) is 11.0 Å². The van der Waals surface area contributed by atoms with Gasteiger partial charge in [0.25, 0.3) is 0 Å². The zero-order valence-electron chi connectivity index (χ0n) is 9.23. The van der Waals surface area contributed by atoms with E-state index in [2.05, 4.69) is 9.97 Å². The Hall–Kier alpha value is -1.63. The minimum absolute atomic E-state index is 0.283. The Morgan fingerprint density at radius 1 is 1.28 bits per heavy atom. The van der Waals surface area contributed by atoms with E-state index in [0.29, 0.717) is 16.1 Å². The molecule has 7 heteroatoms.